The Hall–Kier alpha value is -2.44. The number of hydrogen-bond donors (Lipinski definition) is 0. The number of methoxy groups -OCH3 is 1. The highest BCUT2D eigenvalue weighted by Gasteiger charge is 2.26. The first-order valence-electron chi connectivity index (χ1n) is 11.2. The second kappa shape index (κ2) is 14.7. The van der Waals surface area contributed by atoms with E-state index in [1.54, 1.807) is 7.11 Å². The fourth-order valence-electron chi connectivity index (χ4n) is 4.45. The molecule has 0 saturated carbocycles. The standard InChI is InChI=1S/C27H32N2O2.2ClH.H2O/c1-3-31-24-13-9-10-22(20-24)21-26(23-11-5-4-6-12-23)29-18-16-28(17-19-29)25-14-7-8-15-27(25)30-2;;;/h4-15,20,26H,3,16-19,21H2,1-2H3;2*1H;1H2. The van der Waals surface area contributed by atoms with Gasteiger partial charge in [0.1, 0.15) is 11.5 Å². The number of nitrogens with zero attached hydrogens (tertiary/aromatic N) is 2. The average Bonchev–Trinajstić information content (AvgIpc) is 2.84. The molecule has 1 saturated heterocycles. The van der Waals surface area contributed by atoms with Crippen LogP contribution in [0.15, 0.2) is 78.9 Å². The van der Waals surface area contributed by atoms with Crippen LogP contribution in [-0.2, 0) is 6.42 Å². The van der Waals surface area contributed by atoms with Crippen LogP contribution in [0.3, 0.4) is 0 Å². The lowest BCUT2D eigenvalue weighted by molar-refractivity contribution is 0.184. The predicted molar refractivity (Wildman–Crippen MR) is 145 cm³/mol. The van der Waals surface area contributed by atoms with Crippen LogP contribution in [0.2, 0.25) is 0 Å². The molecule has 3 aromatic rings. The molecule has 1 aliphatic heterocycles. The number of rotatable bonds is 8. The van der Waals surface area contributed by atoms with E-state index in [1.807, 2.05) is 25.1 Å². The summed E-state index contributed by atoms with van der Waals surface area (Å²) in [4.78, 5) is 5.06. The third-order valence-electron chi connectivity index (χ3n) is 6.00. The number of benzene rings is 3. The minimum atomic E-state index is 0. The van der Waals surface area contributed by atoms with E-state index in [1.165, 1.54) is 16.8 Å². The lowest BCUT2D eigenvalue weighted by Crippen LogP contribution is -2.48. The van der Waals surface area contributed by atoms with Crippen molar-refractivity contribution in [3.63, 3.8) is 0 Å². The largest absolute Gasteiger partial charge is 0.495 e. The summed E-state index contributed by atoms with van der Waals surface area (Å²) in [5.74, 6) is 1.90. The van der Waals surface area contributed by atoms with Gasteiger partial charge in [0.05, 0.1) is 19.4 Å². The van der Waals surface area contributed by atoms with Crippen molar-refractivity contribution in [1.82, 2.24) is 4.90 Å². The molecule has 0 aliphatic carbocycles. The monoisotopic (exact) mass is 506 g/mol. The molecule has 1 aliphatic rings. The number of anilines is 1. The number of ether oxygens (including phenoxy) is 2. The van der Waals surface area contributed by atoms with E-state index >= 15 is 0 Å². The van der Waals surface area contributed by atoms with Gasteiger partial charge in [-0.3, -0.25) is 4.90 Å². The predicted octanol–water partition coefficient (Wildman–Crippen LogP) is 5.22. The van der Waals surface area contributed by atoms with Crippen molar-refractivity contribution in [3.05, 3.63) is 90.0 Å². The molecule has 34 heavy (non-hydrogen) atoms. The van der Waals surface area contributed by atoms with Crippen molar-refractivity contribution in [2.24, 2.45) is 0 Å². The molecule has 0 bridgehead atoms. The molecule has 4 rings (SSSR count). The highest BCUT2D eigenvalue weighted by atomic mass is 35.5. The van der Waals surface area contributed by atoms with Crippen molar-refractivity contribution in [2.45, 2.75) is 19.4 Å². The van der Waals surface area contributed by atoms with Gasteiger partial charge < -0.3 is 19.8 Å². The first kappa shape index (κ1) is 29.6. The molecule has 0 radical (unpaired) electrons. The fourth-order valence-corrected chi connectivity index (χ4v) is 4.45. The molecule has 2 N–H and O–H groups in total. The summed E-state index contributed by atoms with van der Waals surface area (Å²) in [6, 6.07) is 28.1. The second-order valence-electron chi connectivity index (χ2n) is 7.91. The van der Waals surface area contributed by atoms with Gasteiger partial charge in [0.15, 0.2) is 0 Å². The minimum absolute atomic E-state index is 0. The van der Waals surface area contributed by atoms with Crippen LogP contribution in [0.1, 0.15) is 24.1 Å². The molecule has 1 fully saturated rings. The molecule has 0 spiro atoms. The van der Waals surface area contributed by atoms with Crippen LogP contribution in [0.5, 0.6) is 11.5 Å². The smallest absolute Gasteiger partial charge is 0.142 e. The van der Waals surface area contributed by atoms with Crippen LogP contribution in [-0.4, -0.2) is 50.3 Å². The zero-order valence-electron chi connectivity index (χ0n) is 19.9. The maximum Gasteiger partial charge on any atom is 0.142 e. The molecule has 1 atom stereocenters. The summed E-state index contributed by atoms with van der Waals surface area (Å²) in [7, 11) is 1.75. The Morgan fingerprint density at radius 3 is 2.18 bits per heavy atom. The quantitative estimate of drug-likeness (QED) is 0.420. The molecular formula is C27H36Cl2N2O3. The molecule has 186 valence electrons. The van der Waals surface area contributed by atoms with Gasteiger partial charge in [-0.1, -0.05) is 54.6 Å². The summed E-state index contributed by atoms with van der Waals surface area (Å²) in [6.45, 7) is 6.73. The summed E-state index contributed by atoms with van der Waals surface area (Å²) < 4.78 is 11.3. The van der Waals surface area contributed by atoms with Gasteiger partial charge in [0, 0.05) is 32.2 Å². The fraction of sp³-hybridized carbons (Fsp3) is 0.333. The average molecular weight is 508 g/mol. The van der Waals surface area contributed by atoms with E-state index in [-0.39, 0.29) is 30.3 Å². The first-order valence-corrected chi connectivity index (χ1v) is 11.2. The summed E-state index contributed by atoms with van der Waals surface area (Å²) in [5.41, 5.74) is 3.87. The number of halogens is 2. The maximum absolute atomic E-state index is 5.73. The van der Waals surface area contributed by atoms with Gasteiger partial charge in [0.2, 0.25) is 0 Å². The Balaban J connectivity index is 0.00000193. The third-order valence-corrected chi connectivity index (χ3v) is 6.00. The van der Waals surface area contributed by atoms with Crippen molar-refractivity contribution >= 4 is 30.5 Å². The van der Waals surface area contributed by atoms with Gasteiger partial charge in [-0.2, -0.15) is 0 Å². The van der Waals surface area contributed by atoms with Crippen molar-refractivity contribution in [1.29, 1.82) is 0 Å². The summed E-state index contributed by atoms with van der Waals surface area (Å²) in [5, 5.41) is 0. The molecule has 5 nitrogen and oxygen atoms in total. The second-order valence-corrected chi connectivity index (χ2v) is 7.91. The normalized spacial score (nSPS) is 14.1. The van der Waals surface area contributed by atoms with Crippen molar-refractivity contribution < 1.29 is 14.9 Å². The molecule has 1 heterocycles. The van der Waals surface area contributed by atoms with Crippen LogP contribution < -0.4 is 14.4 Å². The van der Waals surface area contributed by atoms with E-state index in [0.29, 0.717) is 12.6 Å². The van der Waals surface area contributed by atoms with E-state index < -0.39 is 0 Å². The van der Waals surface area contributed by atoms with Crippen LogP contribution in [0.4, 0.5) is 5.69 Å². The molecule has 7 heteroatoms. The highest BCUT2D eigenvalue weighted by Crippen LogP contribution is 2.32. The Labute approximate surface area is 215 Å². The van der Waals surface area contributed by atoms with E-state index in [4.69, 9.17) is 9.47 Å². The van der Waals surface area contributed by atoms with Crippen LogP contribution in [0, 0.1) is 0 Å². The molecule has 1 unspecified atom stereocenters. The van der Waals surface area contributed by atoms with Gasteiger partial charge in [-0.15, -0.1) is 24.8 Å². The van der Waals surface area contributed by atoms with Gasteiger partial charge >= 0.3 is 0 Å². The Morgan fingerprint density at radius 2 is 1.50 bits per heavy atom. The van der Waals surface area contributed by atoms with Crippen molar-refractivity contribution in [2.75, 3.05) is 44.8 Å². The maximum atomic E-state index is 5.73. The van der Waals surface area contributed by atoms with Crippen molar-refractivity contribution in [3.8, 4) is 11.5 Å². The van der Waals surface area contributed by atoms with Gasteiger partial charge in [-0.25, -0.2) is 0 Å². The van der Waals surface area contributed by atoms with E-state index in [2.05, 4.69) is 70.5 Å². The SMILES string of the molecule is CCOc1cccc(CC(c2ccccc2)N2CCN(c3ccccc3OC)CC2)c1.Cl.Cl.O. The first-order chi connectivity index (χ1) is 15.3. The summed E-state index contributed by atoms with van der Waals surface area (Å²) >= 11 is 0. The number of hydrogen-bond acceptors (Lipinski definition) is 4. The Bertz CT molecular complexity index is 967. The van der Waals surface area contributed by atoms with E-state index in [0.717, 1.165) is 44.1 Å². The number of piperazine rings is 1. The topological polar surface area (TPSA) is 56.4 Å². The van der Waals surface area contributed by atoms with Gasteiger partial charge in [-0.05, 0) is 48.7 Å². The molecule has 0 amide bonds. The minimum Gasteiger partial charge on any atom is -0.495 e. The van der Waals surface area contributed by atoms with E-state index in [9.17, 15) is 0 Å². The Morgan fingerprint density at radius 1 is 0.824 bits per heavy atom. The lowest BCUT2D eigenvalue weighted by Gasteiger charge is -2.41. The molecule has 3 aromatic carbocycles. The van der Waals surface area contributed by atoms with Crippen LogP contribution in [0.25, 0.3) is 0 Å². The lowest BCUT2D eigenvalue weighted by atomic mass is 9.96. The number of para-hydroxylation sites is 2. The zero-order valence-corrected chi connectivity index (χ0v) is 21.5. The van der Waals surface area contributed by atoms with Gasteiger partial charge in [0.25, 0.3) is 0 Å². The molecule has 0 aromatic heterocycles. The molecular weight excluding hydrogens is 471 g/mol. The van der Waals surface area contributed by atoms with Crippen LogP contribution >= 0.6 is 24.8 Å². The summed E-state index contributed by atoms with van der Waals surface area (Å²) in [6.07, 6.45) is 0.972. The Kier molecular flexibility index (Phi) is 12.8. The third kappa shape index (κ3) is 7.28. The highest BCUT2D eigenvalue weighted by molar-refractivity contribution is 5.85. The zero-order chi connectivity index (χ0) is 21.5.